The van der Waals surface area contributed by atoms with Crippen LogP contribution in [0.1, 0.15) is 18.9 Å². The van der Waals surface area contributed by atoms with Crippen LogP contribution < -0.4 is 11.1 Å². The molecule has 0 radical (unpaired) electrons. The third-order valence-electron chi connectivity index (χ3n) is 3.59. The molecule has 0 unspecified atom stereocenters. The van der Waals surface area contributed by atoms with Crippen molar-refractivity contribution < 1.29 is 9.53 Å². The summed E-state index contributed by atoms with van der Waals surface area (Å²) in [4.78, 5) is 16.5. The molecule has 24 heavy (non-hydrogen) atoms. The van der Waals surface area contributed by atoms with Crippen LogP contribution in [0.15, 0.2) is 59.1 Å². The maximum atomic E-state index is 12.1. The average molecular weight is 321 g/mol. The van der Waals surface area contributed by atoms with Gasteiger partial charge in [0.15, 0.2) is 0 Å². The molecule has 3 rings (SSSR count). The molecule has 1 aliphatic rings. The number of fused-ring (bicyclic) bond motifs is 1. The highest BCUT2D eigenvalue weighted by atomic mass is 16.5. The van der Waals surface area contributed by atoms with Crippen LogP contribution in [0, 0.1) is 0 Å². The Bertz CT molecular complexity index is 811. The van der Waals surface area contributed by atoms with Gasteiger partial charge in [0.1, 0.15) is 5.84 Å². The second kappa shape index (κ2) is 7.00. The van der Waals surface area contributed by atoms with Gasteiger partial charge in [-0.05, 0) is 43.3 Å². The molecule has 0 fully saturated rings. The van der Waals surface area contributed by atoms with Gasteiger partial charge in [0, 0.05) is 28.9 Å². The number of nitrogens with two attached hydrogens (primary N) is 1. The summed E-state index contributed by atoms with van der Waals surface area (Å²) in [7, 11) is 0. The summed E-state index contributed by atoms with van der Waals surface area (Å²) >= 11 is 0. The van der Waals surface area contributed by atoms with Gasteiger partial charge in [0.2, 0.25) is 0 Å². The van der Waals surface area contributed by atoms with Gasteiger partial charge in [-0.1, -0.05) is 18.2 Å². The normalized spacial score (nSPS) is 13.2. The van der Waals surface area contributed by atoms with Gasteiger partial charge >= 0.3 is 5.97 Å². The van der Waals surface area contributed by atoms with Crippen molar-refractivity contribution in [2.75, 3.05) is 11.9 Å². The summed E-state index contributed by atoms with van der Waals surface area (Å²) in [6.07, 6.45) is 2.09. The Morgan fingerprint density at radius 1 is 1.21 bits per heavy atom. The van der Waals surface area contributed by atoms with Crippen molar-refractivity contribution in [1.29, 1.82) is 0 Å². The van der Waals surface area contributed by atoms with E-state index in [9.17, 15) is 4.79 Å². The lowest BCUT2D eigenvalue weighted by Gasteiger charge is -2.09. The van der Waals surface area contributed by atoms with E-state index in [4.69, 9.17) is 10.5 Å². The van der Waals surface area contributed by atoms with E-state index in [-0.39, 0.29) is 12.4 Å². The number of rotatable bonds is 4. The van der Waals surface area contributed by atoms with Gasteiger partial charge < -0.3 is 15.8 Å². The number of esters is 1. The fourth-order valence-corrected chi connectivity index (χ4v) is 2.52. The highest BCUT2D eigenvalue weighted by Gasteiger charge is 2.17. The molecule has 2 aromatic carbocycles. The van der Waals surface area contributed by atoms with Gasteiger partial charge in [-0.3, -0.25) is 0 Å². The van der Waals surface area contributed by atoms with Crippen molar-refractivity contribution in [3.05, 3.63) is 59.7 Å². The van der Waals surface area contributed by atoms with Crippen LogP contribution in [0.3, 0.4) is 0 Å². The standard InChI is InChI=1S/C19H19N3O2/c1-2-24-19(23)14-10-13-11-16(21-15-6-4-3-5-7-15)8-9-17(13)22-18(20)12-14/h3-11,21H,2,12H2,1H3,(H2,20,22). The number of ether oxygens (including phenoxy) is 1. The molecule has 1 heterocycles. The minimum absolute atomic E-state index is 0.287. The molecule has 5 nitrogen and oxygen atoms in total. The molecule has 0 bridgehead atoms. The van der Waals surface area contributed by atoms with Crippen molar-refractivity contribution >= 4 is 34.9 Å². The van der Waals surface area contributed by atoms with Gasteiger partial charge in [-0.15, -0.1) is 0 Å². The van der Waals surface area contributed by atoms with E-state index in [0.29, 0.717) is 18.0 Å². The number of nitrogens with zero attached hydrogens (tertiary/aromatic N) is 1. The first-order chi connectivity index (χ1) is 11.7. The van der Waals surface area contributed by atoms with Crippen LogP contribution in [-0.4, -0.2) is 18.4 Å². The number of carbonyl (C=O) groups is 1. The minimum atomic E-state index is -0.357. The predicted molar refractivity (Wildman–Crippen MR) is 96.7 cm³/mol. The number of benzene rings is 2. The number of nitrogens with one attached hydrogen (secondary N) is 1. The highest BCUT2D eigenvalue weighted by Crippen LogP contribution is 2.30. The van der Waals surface area contributed by atoms with E-state index in [2.05, 4.69) is 10.3 Å². The molecule has 0 aliphatic carbocycles. The number of hydrogen-bond donors (Lipinski definition) is 2. The van der Waals surface area contributed by atoms with Gasteiger partial charge in [0.25, 0.3) is 0 Å². The molecule has 122 valence electrons. The maximum Gasteiger partial charge on any atom is 0.334 e. The molecule has 0 amide bonds. The van der Waals surface area contributed by atoms with Crippen molar-refractivity contribution in [3.8, 4) is 0 Å². The molecule has 0 saturated heterocycles. The molecule has 1 aliphatic heterocycles. The van der Waals surface area contributed by atoms with Crippen LogP contribution in [0.4, 0.5) is 17.1 Å². The van der Waals surface area contributed by atoms with Crippen LogP contribution >= 0.6 is 0 Å². The van der Waals surface area contributed by atoms with E-state index in [1.165, 1.54) is 0 Å². The zero-order chi connectivity index (χ0) is 16.9. The minimum Gasteiger partial charge on any atom is -0.463 e. The van der Waals surface area contributed by atoms with Crippen LogP contribution in [0.5, 0.6) is 0 Å². The number of carbonyl (C=O) groups excluding carboxylic acids is 1. The fraction of sp³-hybridized carbons (Fsp3) is 0.158. The summed E-state index contributed by atoms with van der Waals surface area (Å²) in [5, 5.41) is 3.33. The van der Waals surface area contributed by atoms with E-state index >= 15 is 0 Å². The zero-order valence-corrected chi connectivity index (χ0v) is 13.5. The van der Waals surface area contributed by atoms with Gasteiger partial charge in [0.05, 0.1) is 12.3 Å². The van der Waals surface area contributed by atoms with Crippen molar-refractivity contribution in [3.63, 3.8) is 0 Å². The summed E-state index contributed by atoms with van der Waals surface area (Å²) in [5.41, 5.74) is 9.90. The summed E-state index contributed by atoms with van der Waals surface area (Å²) < 4.78 is 5.09. The smallest absolute Gasteiger partial charge is 0.334 e. The number of anilines is 2. The Balaban J connectivity index is 1.95. The topological polar surface area (TPSA) is 76.7 Å². The lowest BCUT2D eigenvalue weighted by atomic mass is 10.1. The highest BCUT2D eigenvalue weighted by molar-refractivity contribution is 6.03. The molecule has 0 saturated carbocycles. The number of aliphatic imine (C=N–C) groups is 1. The van der Waals surface area contributed by atoms with E-state index < -0.39 is 0 Å². The maximum absolute atomic E-state index is 12.1. The number of hydrogen-bond acceptors (Lipinski definition) is 5. The summed E-state index contributed by atoms with van der Waals surface area (Å²) in [6, 6.07) is 15.6. The van der Waals surface area contributed by atoms with Crippen LogP contribution in [0.2, 0.25) is 0 Å². The molecule has 0 atom stereocenters. The fourth-order valence-electron chi connectivity index (χ4n) is 2.52. The lowest BCUT2D eigenvalue weighted by molar-refractivity contribution is -0.138. The molecule has 0 aromatic heterocycles. The monoisotopic (exact) mass is 321 g/mol. The zero-order valence-electron chi connectivity index (χ0n) is 13.5. The molecule has 5 heteroatoms. The first-order valence-corrected chi connectivity index (χ1v) is 7.82. The Morgan fingerprint density at radius 3 is 2.75 bits per heavy atom. The summed E-state index contributed by atoms with van der Waals surface area (Å²) in [6.45, 7) is 2.11. The lowest BCUT2D eigenvalue weighted by Crippen LogP contribution is -2.16. The SMILES string of the molecule is CCOC(=O)C1=Cc2cc(Nc3ccccc3)ccc2N=C(N)C1. The molecular weight excluding hydrogens is 302 g/mol. The van der Waals surface area contributed by atoms with E-state index in [1.54, 1.807) is 13.0 Å². The number of para-hydroxylation sites is 1. The third-order valence-corrected chi connectivity index (χ3v) is 3.59. The number of amidine groups is 1. The average Bonchev–Trinajstić information content (AvgIpc) is 2.74. The molecule has 3 N–H and O–H groups in total. The van der Waals surface area contributed by atoms with Crippen molar-refractivity contribution in [1.82, 2.24) is 0 Å². The van der Waals surface area contributed by atoms with Gasteiger partial charge in [-0.2, -0.15) is 0 Å². The second-order valence-corrected chi connectivity index (χ2v) is 5.43. The summed E-state index contributed by atoms with van der Waals surface area (Å²) in [5.74, 6) is 0.0433. The Labute approximate surface area is 140 Å². The Kier molecular flexibility index (Phi) is 4.61. The molecule has 2 aromatic rings. The predicted octanol–water partition coefficient (Wildman–Crippen LogP) is 3.77. The first kappa shape index (κ1) is 15.8. The van der Waals surface area contributed by atoms with E-state index in [1.807, 2.05) is 48.5 Å². The van der Waals surface area contributed by atoms with Crippen molar-refractivity contribution in [2.24, 2.45) is 10.7 Å². The van der Waals surface area contributed by atoms with Crippen LogP contribution in [-0.2, 0) is 9.53 Å². The van der Waals surface area contributed by atoms with Crippen molar-refractivity contribution in [2.45, 2.75) is 13.3 Å². The quantitative estimate of drug-likeness (QED) is 0.840. The molecular formula is C19H19N3O2. The van der Waals surface area contributed by atoms with E-state index in [0.717, 1.165) is 22.6 Å². The van der Waals surface area contributed by atoms with Crippen LogP contribution in [0.25, 0.3) is 6.08 Å². The third kappa shape index (κ3) is 3.63. The second-order valence-electron chi connectivity index (χ2n) is 5.43. The van der Waals surface area contributed by atoms with Gasteiger partial charge in [-0.25, -0.2) is 9.79 Å². The Hall–Kier alpha value is -3.08. The first-order valence-electron chi connectivity index (χ1n) is 7.82. The Morgan fingerprint density at radius 2 is 2.00 bits per heavy atom. The largest absolute Gasteiger partial charge is 0.463 e. The molecule has 0 spiro atoms.